The van der Waals surface area contributed by atoms with Gasteiger partial charge in [0.15, 0.2) is 0 Å². The van der Waals surface area contributed by atoms with Crippen molar-refractivity contribution in [2.45, 2.75) is 19.4 Å². The molecule has 0 aliphatic rings. The lowest BCUT2D eigenvalue weighted by Gasteiger charge is -2.13. The molecule has 0 radical (unpaired) electrons. The van der Waals surface area contributed by atoms with Gasteiger partial charge in [-0.2, -0.15) is 0 Å². The van der Waals surface area contributed by atoms with E-state index in [1.165, 1.54) is 5.56 Å². The fourth-order valence-corrected chi connectivity index (χ4v) is 2.35. The van der Waals surface area contributed by atoms with Crippen LogP contribution in [-0.2, 0) is 6.42 Å². The molecule has 0 bridgehead atoms. The molecule has 3 nitrogen and oxygen atoms in total. The standard InChI is InChI=1S/C12H13IN2O/c1-8-3-2-4-9(12(8)13)10(16)7-11-14-5-6-15-11/h2-6,10,16H,7H2,1H3,(H,14,15). The Morgan fingerprint density at radius 3 is 3.00 bits per heavy atom. The molecular weight excluding hydrogens is 315 g/mol. The highest BCUT2D eigenvalue weighted by molar-refractivity contribution is 14.1. The number of halogens is 1. The molecule has 1 aromatic carbocycles. The summed E-state index contributed by atoms with van der Waals surface area (Å²) in [5.74, 6) is 0.810. The number of aromatic nitrogens is 2. The van der Waals surface area contributed by atoms with Gasteiger partial charge in [-0.3, -0.25) is 0 Å². The molecule has 0 saturated carbocycles. The Bertz CT molecular complexity index is 468. The van der Waals surface area contributed by atoms with Crippen LogP contribution in [0.25, 0.3) is 0 Å². The monoisotopic (exact) mass is 328 g/mol. The number of hydrogen-bond donors (Lipinski definition) is 2. The van der Waals surface area contributed by atoms with Crippen molar-refractivity contribution in [2.24, 2.45) is 0 Å². The highest BCUT2D eigenvalue weighted by atomic mass is 127. The zero-order valence-corrected chi connectivity index (χ0v) is 11.1. The zero-order chi connectivity index (χ0) is 11.5. The molecular formula is C12H13IN2O. The Morgan fingerprint density at radius 1 is 1.50 bits per heavy atom. The lowest BCUT2D eigenvalue weighted by atomic mass is 10.0. The van der Waals surface area contributed by atoms with E-state index in [0.717, 1.165) is 15.0 Å². The molecule has 2 aromatic rings. The molecule has 0 spiro atoms. The molecule has 1 unspecified atom stereocenters. The second-order valence-electron chi connectivity index (χ2n) is 3.73. The maximum atomic E-state index is 10.1. The molecule has 16 heavy (non-hydrogen) atoms. The average Bonchev–Trinajstić information content (AvgIpc) is 2.74. The van der Waals surface area contributed by atoms with Gasteiger partial charge in [0.05, 0.1) is 6.10 Å². The van der Waals surface area contributed by atoms with Crippen molar-refractivity contribution in [2.75, 3.05) is 0 Å². The minimum Gasteiger partial charge on any atom is -0.388 e. The zero-order valence-electron chi connectivity index (χ0n) is 8.94. The van der Waals surface area contributed by atoms with Crippen molar-refractivity contribution in [3.8, 4) is 0 Å². The molecule has 0 aliphatic carbocycles. The Hall–Kier alpha value is -0.880. The van der Waals surface area contributed by atoms with E-state index in [9.17, 15) is 5.11 Å². The predicted molar refractivity (Wildman–Crippen MR) is 71.1 cm³/mol. The number of aromatic amines is 1. The Labute approximate surface area is 108 Å². The first-order valence-electron chi connectivity index (χ1n) is 5.10. The number of nitrogens with zero attached hydrogens (tertiary/aromatic N) is 1. The summed E-state index contributed by atoms with van der Waals surface area (Å²) in [6, 6.07) is 5.98. The maximum Gasteiger partial charge on any atom is 0.108 e. The van der Waals surface area contributed by atoms with Crippen LogP contribution in [0.1, 0.15) is 23.1 Å². The molecule has 1 aromatic heterocycles. The van der Waals surface area contributed by atoms with Crippen LogP contribution < -0.4 is 0 Å². The summed E-state index contributed by atoms with van der Waals surface area (Å²) in [4.78, 5) is 7.11. The van der Waals surface area contributed by atoms with Crippen molar-refractivity contribution in [1.82, 2.24) is 9.97 Å². The molecule has 0 amide bonds. The second kappa shape index (κ2) is 4.97. The van der Waals surface area contributed by atoms with E-state index < -0.39 is 6.10 Å². The summed E-state index contributed by atoms with van der Waals surface area (Å²) in [7, 11) is 0. The Kier molecular flexibility index (Phi) is 3.60. The highest BCUT2D eigenvalue weighted by Crippen LogP contribution is 2.24. The van der Waals surface area contributed by atoms with Crippen LogP contribution in [0.2, 0.25) is 0 Å². The van der Waals surface area contributed by atoms with Gasteiger partial charge >= 0.3 is 0 Å². The van der Waals surface area contributed by atoms with E-state index in [0.29, 0.717) is 6.42 Å². The minimum atomic E-state index is -0.502. The average molecular weight is 328 g/mol. The Morgan fingerprint density at radius 2 is 2.31 bits per heavy atom. The topological polar surface area (TPSA) is 48.9 Å². The van der Waals surface area contributed by atoms with Crippen LogP contribution in [0, 0.1) is 10.5 Å². The molecule has 2 N–H and O–H groups in total. The van der Waals surface area contributed by atoms with E-state index in [4.69, 9.17) is 0 Å². The predicted octanol–water partition coefficient (Wildman–Crippen LogP) is 2.60. The molecule has 1 atom stereocenters. The smallest absolute Gasteiger partial charge is 0.108 e. The minimum absolute atomic E-state index is 0.502. The van der Waals surface area contributed by atoms with E-state index in [2.05, 4.69) is 32.6 Å². The van der Waals surface area contributed by atoms with Crippen LogP contribution in [0.15, 0.2) is 30.6 Å². The first kappa shape index (κ1) is 11.6. The van der Waals surface area contributed by atoms with E-state index in [1.807, 2.05) is 25.1 Å². The number of imidazole rings is 1. The maximum absolute atomic E-state index is 10.1. The SMILES string of the molecule is Cc1cccc(C(O)Cc2ncc[nH]2)c1I. The molecule has 4 heteroatoms. The number of aliphatic hydroxyl groups is 1. The summed E-state index contributed by atoms with van der Waals surface area (Å²) in [5.41, 5.74) is 2.16. The van der Waals surface area contributed by atoms with E-state index >= 15 is 0 Å². The number of aryl methyl sites for hydroxylation is 1. The van der Waals surface area contributed by atoms with Crippen molar-refractivity contribution >= 4 is 22.6 Å². The number of benzene rings is 1. The van der Waals surface area contributed by atoms with Gasteiger partial charge in [0, 0.05) is 22.4 Å². The lowest BCUT2D eigenvalue weighted by molar-refractivity contribution is 0.175. The second-order valence-corrected chi connectivity index (χ2v) is 4.81. The highest BCUT2D eigenvalue weighted by Gasteiger charge is 2.13. The number of rotatable bonds is 3. The third kappa shape index (κ3) is 2.44. The van der Waals surface area contributed by atoms with Gasteiger partial charge in [-0.1, -0.05) is 18.2 Å². The number of H-pyrrole nitrogens is 1. The van der Waals surface area contributed by atoms with Gasteiger partial charge in [-0.25, -0.2) is 4.98 Å². The lowest BCUT2D eigenvalue weighted by Crippen LogP contribution is -2.05. The molecule has 1 heterocycles. The van der Waals surface area contributed by atoms with Crippen LogP contribution >= 0.6 is 22.6 Å². The van der Waals surface area contributed by atoms with Crippen molar-refractivity contribution in [3.63, 3.8) is 0 Å². The summed E-state index contributed by atoms with van der Waals surface area (Å²) >= 11 is 2.27. The number of aliphatic hydroxyl groups excluding tert-OH is 1. The van der Waals surface area contributed by atoms with Gasteiger partial charge in [0.1, 0.15) is 5.82 Å². The third-order valence-corrected chi connectivity index (χ3v) is 4.00. The molecule has 84 valence electrons. The third-order valence-electron chi connectivity index (χ3n) is 2.52. The van der Waals surface area contributed by atoms with Gasteiger partial charge < -0.3 is 10.1 Å². The summed E-state index contributed by atoms with van der Waals surface area (Å²) in [6.45, 7) is 2.05. The van der Waals surface area contributed by atoms with Gasteiger partial charge in [0.25, 0.3) is 0 Å². The fourth-order valence-electron chi connectivity index (χ4n) is 1.63. The largest absolute Gasteiger partial charge is 0.388 e. The van der Waals surface area contributed by atoms with Crippen LogP contribution in [0.5, 0.6) is 0 Å². The fraction of sp³-hybridized carbons (Fsp3) is 0.250. The summed E-state index contributed by atoms with van der Waals surface area (Å²) in [5, 5.41) is 10.1. The van der Waals surface area contributed by atoms with Crippen LogP contribution in [0.4, 0.5) is 0 Å². The van der Waals surface area contributed by atoms with Crippen LogP contribution in [-0.4, -0.2) is 15.1 Å². The van der Waals surface area contributed by atoms with Gasteiger partial charge in [-0.15, -0.1) is 0 Å². The molecule has 0 aliphatic heterocycles. The van der Waals surface area contributed by atoms with Crippen LogP contribution in [0.3, 0.4) is 0 Å². The van der Waals surface area contributed by atoms with Crippen molar-refractivity contribution in [1.29, 1.82) is 0 Å². The van der Waals surface area contributed by atoms with Gasteiger partial charge in [0.2, 0.25) is 0 Å². The van der Waals surface area contributed by atoms with Crippen molar-refractivity contribution in [3.05, 3.63) is 51.1 Å². The number of hydrogen-bond acceptors (Lipinski definition) is 2. The molecule has 2 rings (SSSR count). The van der Waals surface area contributed by atoms with Crippen molar-refractivity contribution < 1.29 is 5.11 Å². The van der Waals surface area contributed by atoms with E-state index in [1.54, 1.807) is 12.4 Å². The number of nitrogens with one attached hydrogen (secondary N) is 1. The molecule has 0 fully saturated rings. The first-order chi connectivity index (χ1) is 7.68. The normalized spacial score (nSPS) is 12.7. The first-order valence-corrected chi connectivity index (χ1v) is 6.17. The molecule has 0 saturated heterocycles. The van der Waals surface area contributed by atoms with Gasteiger partial charge in [-0.05, 0) is 40.6 Å². The quantitative estimate of drug-likeness (QED) is 0.851. The Balaban J connectivity index is 2.21. The summed E-state index contributed by atoms with van der Waals surface area (Å²) < 4.78 is 1.12. The summed E-state index contributed by atoms with van der Waals surface area (Å²) in [6.07, 6.45) is 3.48. The van der Waals surface area contributed by atoms with E-state index in [-0.39, 0.29) is 0 Å².